The van der Waals surface area contributed by atoms with Gasteiger partial charge < -0.3 is 10.3 Å². The van der Waals surface area contributed by atoms with Crippen molar-refractivity contribution >= 4 is 32.8 Å². The number of nitrogens with one attached hydrogen (secondary N) is 2. The molecule has 0 radical (unpaired) electrons. The average Bonchev–Trinajstić information content (AvgIpc) is 3.11. The molecular weight excluding hydrogens is 378 g/mol. The minimum absolute atomic E-state index is 0.115. The lowest BCUT2D eigenvalue weighted by molar-refractivity contribution is -0.120. The van der Waals surface area contributed by atoms with E-state index in [2.05, 4.69) is 15.3 Å². The Kier molecular flexibility index (Phi) is 4.88. The van der Waals surface area contributed by atoms with Gasteiger partial charge in [0, 0.05) is 30.3 Å². The number of imidazole rings is 1. The van der Waals surface area contributed by atoms with E-state index in [0.717, 1.165) is 22.4 Å². The van der Waals surface area contributed by atoms with E-state index in [-0.39, 0.29) is 24.9 Å². The molecule has 0 spiro atoms. The van der Waals surface area contributed by atoms with Crippen molar-refractivity contribution < 1.29 is 13.2 Å². The van der Waals surface area contributed by atoms with Gasteiger partial charge in [-0.05, 0) is 31.0 Å². The maximum Gasteiger partial charge on any atom is 0.276 e. The first-order valence-electron chi connectivity index (χ1n) is 9.04. The number of rotatable bonds is 4. The van der Waals surface area contributed by atoms with Gasteiger partial charge in [0.15, 0.2) is 0 Å². The van der Waals surface area contributed by atoms with Crippen LogP contribution in [0.3, 0.4) is 0 Å². The lowest BCUT2D eigenvalue weighted by Gasteiger charge is -2.29. The summed E-state index contributed by atoms with van der Waals surface area (Å²) in [4.78, 5) is 20.4. The fraction of sp³-hybridized carbons (Fsp3) is 0.263. The molecule has 0 bridgehead atoms. The van der Waals surface area contributed by atoms with Gasteiger partial charge in [0.2, 0.25) is 5.91 Å². The van der Waals surface area contributed by atoms with Crippen molar-refractivity contribution in [1.29, 1.82) is 0 Å². The fourth-order valence-electron chi connectivity index (χ4n) is 3.44. The highest BCUT2D eigenvalue weighted by atomic mass is 32.2. The van der Waals surface area contributed by atoms with Crippen molar-refractivity contribution in [1.82, 2.24) is 14.3 Å². The molecule has 1 saturated heterocycles. The average molecular weight is 399 g/mol. The van der Waals surface area contributed by atoms with Crippen LogP contribution in [0.25, 0.3) is 22.4 Å². The molecule has 146 valence electrons. The van der Waals surface area contributed by atoms with Crippen LogP contribution in [0.4, 0.5) is 5.69 Å². The SMILES string of the molecule is NS(=O)(=O)N1CCC(C(=O)Nc2ccc3nc(-c4ccccc4)[nH]c3c2)CC1. The van der Waals surface area contributed by atoms with E-state index in [4.69, 9.17) is 5.14 Å². The summed E-state index contributed by atoms with van der Waals surface area (Å²) in [5, 5.41) is 8.06. The molecule has 28 heavy (non-hydrogen) atoms. The first kappa shape index (κ1) is 18.6. The normalized spacial score (nSPS) is 16.3. The molecule has 8 nitrogen and oxygen atoms in total. The number of piperidine rings is 1. The second-order valence-corrected chi connectivity index (χ2v) is 8.44. The molecule has 4 rings (SSSR count). The summed E-state index contributed by atoms with van der Waals surface area (Å²) in [6, 6.07) is 15.3. The highest BCUT2D eigenvalue weighted by Gasteiger charge is 2.29. The molecule has 9 heteroatoms. The van der Waals surface area contributed by atoms with Crippen molar-refractivity contribution in [3.8, 4) is 11.4 Å². The summed E-state index contributed by atoms with van der Waals surface area (Å²) in [6.07, 6.45) is 0.902. The standard InChI is InChI=1S/C19H21N5O3S/c20-28(26,27)24-10-8-14(9-11-24)19(25)21-15-6-7-16-17(12-15)23-18(22-16)13-4-2-1-3-5-13/h1-7,12,14H,8-11H2,(H,21,25)(H,22,23)(H2,20,26,27). The minimum Gasteiger partial charge on any atom is -0.338 e. The number of hydrogen-bond acceptors (Lipinski definition) is 4. The Labute approximate surface area is 162 Å². The van der Waals surface area contributed by atoms with E-state index < -0.39 is 10.2 Å². The third-order valence-electron chi connectivity index (χ3n) is 4.98. The number of aromatic nitrogens is 2. The Morgan fingerprint density at radius 1 is 1.14 bits per heavy atom. The van der Waals surface area contributed by atoms with E-state index in [0.29, 0.717) is 18.5 Å². The van der Waals surface area contributed by atoms with Crippen LogP contribution in [0.2, 0.25) is 0 Å². The first-order chi connectivity index (χ1) is 13.4. The quantitative estimate of drug-likeness (QED) is 0.622. The molecule has 1 fully saturated rings. The topological polar surface area (TPSA) is 121 Å². The summed E-state index contributed by atoms with van der Waals surface area (Å²) < 4.78 is 24.0. The predicted molar refractivity (Wildman–Crippen MR) is 108 cm³/mol. The summed E-state index contributed by atoms with van der Waals surface area (Å²) in [6.45, 7) is 0.522. The van der Waals surface area contributed by atoms with Crippen LogP contribution < -0.4 is 10.5 Å². The number of benzene rings is 2. The van der Waals surface area contributed by atoms with E-state index in [1.165, 1.54) is 4.31 Å². The number of carbonyl (C=O) groups is 1. The molecule has 2 aromatic carbocycles. The maximum absolute atomic E-state index is 12.6. The highest BCUT2D eigenvalue weighted by Crippen LogP contribution is 2.24. The fourth-order valence-corrected chi connectivity index (χ4v) is 4.16. The molecule has 2 heterocycles. The van der Waals surface area contributed by atoms with Gasteiger partial charge in [-0.25, -0.2) is 10.1 Å². The Hall–Kier alpha value is -2.75. The molecule has 1 aromatic heterocycles. The zero-order valence-electron chi connectivity index (χ0n) is 15.1. The number of hydrogen-bond donors (Lipinski definition) is 3. The van der Waals surface area contributed by atoms with Crippen LogP contribution in [-0.2, 0) is 15.0 Å². The Bertz CT molecular complexity index is 1100. The summed E-state index contributed by atoms with van der Waals surface area (Å²) >= 11 is 0. The van der Waals surface area contributed by atoms with Gasteiger partial charge in [0.25, 0.3) is 10.2 Å². The van der Waals surface area contributed by atoms with Crippen LogP contribution in [-0.4, -0.2) is 41.7 Å². The van der Waals surface area contributed by atoms with Gasteiger partial charge in [-0.15, -0.1) is 0 Å². The molecule has 4 N–H and O–H groups in total. The Balaban J connectivity index is 1.46. The monoisotopic (exact) mass is 399 g/mol. The zero-order chi connectivity index (χ0) is 19.7. The molecule has 0 aliphatic carbocycles. The number of nitrogens with zero attached hydrogens (tertiary/aromatic N) is 2. The number of fused-ring (bicyclic) bond motifs is 1. The third-order valence-corrected chi connectivity index (χ3v) is 6.07. The third kappa shape index (κ3) is 3.91. The van der Waals surface area contributed by atoms with E-state index >= 15 is 0 Å². The van der Waals surface area contributed by atoms with Crippen LogP contribution in [0.15, 0.2) is 48.5 Å². The molecule has 0 atom stereocenters. The van der Waals surface area contributed by atoms with Gasteiger partial charge in [0.1, 0.15) is 5.82 Å². The number of nitrogens with two attached hydrogens (primary N) is 1. The molecule has 1 amide bonds. The number of amides is 1. The maximum atomic E-state index is 12.6. The van der Waals surface area contributed by atoms with Crippen molar-refractivity contribution in [3.05, 3.63) is 48.5 Å². The van der Waals surface area contributed by atoms with Crippen LogP contribution in [0.5, 0.6) is 0 Å². The largest absolute Gasteiger partial charge is 0.338 e. The summed E-state index contributed by atoms with van der Waals surface area (Å²) in [7, 11) is -3.69. The smallest absolute Gasteiger partial charge is 0.276 e. The molecular formula is C19H21N5O3S. The summed E-state index contributed by atoms with van der Waals surface area (Å²) in [5.41, 5.74) is 3.32. The molecule has 3 aromatic rings. The lowest BCUT2D eigenvalue weighted by atomic mass is 9.97. The second-order valence-electron chi connectivity index (χ2n) is 6.89. The predicted octanol–water partition coefficient (Wildman–Crippen LogP) is 2.08. The van der Waals surface area contributed by atoms with Gasteiger partial charge in [-0.2, -0.15) is 12.7 Å². The first-order valence-corrected chi connectivity index (χ1v) is 10.5. The number of anilines is 1. The van der Waals surface area contributed by atoms with Crippen molar-refractivity contribution in [3.63, 3.8) is 0 Å². The van der Waals surface area contributed by atoms with E-state index in [1.807, 2.05) is 48.5 Å². The number of carbonyl (C=O) groups excluding carboxylic acids is 1. The molecule has 0 unspecified atom stereocenters. The van der Waals surface area contributed by atoms with Crippen LogP contribution in [0, 0.1) is 5.92 Å². The molecule has 1 aliphatic rings. The van der Waals surface area contributed by atoms with Crippen molar-refractivity contribution in [2.24, 2.45) is 11.1 Å². The Morgan fingerprint density at radius 3 is 2.54 bits per heavy atom. The van der Waals surface area contributed by atoms with Crippen LogP contribution in [0.1, 0.15) is 12.8 Å². The van der Waals surface area contributed by atoms with E-state index in [9.17, 15) is 13.2 Å². The van der Waals surface area contributed by atoms with Gasteiger partial charge in [-0.3, -0.25) is 4.79 Å². The number of aromatic amines is 1. The van der Waals surface area contributed by atoms with Crippen molar-refractivity contribution in [2.45, 2.75) is 12.8 Å². The second kappa shape index (κ2) is 7.34. The van der Waals surface area contributed by atoms with Gasteiger partial charge >= 0.3 is 0 Å². The zero-order valence-corrected chi connectivity index (χ0v) is 15.9. The van der Waals surface area contributed by atoms with Gasteiger partial charge in [-0.1, -0.05) is 30.3 Å². The lowest BCUT2D eigenvalue weighted by Crippen LogP contribution is -2.44. The van der Waals surface area contributed by atoms with Gasteiger partial charge in [0.05, 0.1) is 11.0 Å². The summed E-state index contributed by atoms with van der Waals surface area (Å²) in [5.74, 6) is 0.418. The molecule has 1 aliphatic heterocycles. The Morgan fingerprint density at radius 2 is 1.86 bits per heavy atom. The van der Waals surface area contributed by atoms with Crippen molar-refractivity contribution in [2.75, 3.05) is 18.4 Å². The van der Waals surface area contributed by atoms with E-state index in [1.54, 1.807) is 0 Å². The highest BCUT2D eigenvalue weighted by molar-refractivity contribution is 7.86. The van der Waals surface area contributed by atoms with Crippen LogP contribution >= 0.6 is 0 Å². The number of H-pyrrole nitrogens is 1. The molecule has 0 saturated carbocycles. The minimum atomic E-state index is -3.69.